The summed E-state index contributed by atoms with van der Waals surface area (Å²) in [5.41, 5.74) is 0. The Morgan fingerprint density at radius 3 is 0.851 bits per heavy atom. The summed E-state index contributed by atoms with van der Waals surface area (Å²) in [6.07, 6.45) is 84.8. The summed E-state index contributed by atoms with van der Waals surface area (Å²) in [6, 6.07) is 0. The van der Waals surface area contributed by atoms with Gasteiger partial charge in [0.05, 0.1) is 0 Å². The molecule has 6 heteroatoms. The number of carbonyl (C=O) groups excluding carboxylic acids is 3. The van der Waals surface area contributed by atoms with Crippen molar-refractivity contribution in [3.63, 3.8) is 0 Å². The number of unbranched alkanes of at least 4 members (excludes halogenated alkanes) is 23. The Balaban J connectivity index is 4.36. The molecule has 0 amide bonds. The fourth-order valence-corrected chi connectivity index (χ4v) is 8.16. The van der Waals surface area contributed by atoms with E-state index in [0.717, 1.165) is 141 Å². The average Bonchev–Trinajstić information content (AvgIpc) is 3.40. The van der Waals surface area contributed by atoms with E-state index in [0.29, 0.717) is 19.3 Å². The van der Waals surface area contributed by atoms with Gasteiger partial charge in [-0.2, -0.15) is 0 Å². The second-order valence-corrected chi connectivity index (χ2v) is 19.8. The van der Waals surface area contributed by atoms with Crippen LogP contribution in [0.25, 0.3) is 0 Å². The molecular weight excluding hydrogens is 913 g/mol. The molecule has 0 aromatic carbocycles. The summed E-state index contributed by atoms with van der Waals surface area (Å²) in [7, 11) is 0. The highest BCUT2D eigenvalue weighted by molar-refractivity contribution is 5.71. The molecule has 0 fully saturated rings. The van der Waals surface area contributed by atoms with Gasteiger partial charge in [0.2, 0.25) is 0 Å². The van der Waals surface area contributed by atoms with Gasteiger partial charge in [0.1, 0.15) is 13.2 Å². The van der Waals surface area contributed by atoms with Crippen molar-refractivity contribution in [2.45, 2.75) is 277 Å². The molecule has 0 aromatic heterocycles. The Hall–Kier alpha value is -4.19. The molecule has 0 aliphatic carbocycles. The van der Waals surface area contributed by atoms with Crippen molar-refractivity contribution < 1.29 is 28.6 Å². The molecule has 0 radical (unpaired) electrons. The third-order valence-electron chi connectivity index (χ3n) is 12.7. The molecule has 74 heavy (non-hydrogen) atoms. The van der Waals surface area contributed by atoms with E-state index >= 15 is 0 Å². The quantitative estimate of drug-likeness (QED) is 0.0261. The van der Waals surface area contributed by atoms with Gasteiger partial charge in [0.15, 0.2) is 6.10 Å². The lowest BCUT2D eigenvalue weighted by Crippen LogP contribution is -2.30. The smallest absolute Gasteiger partial charge is 0.306 e. The van der Waals surface area contributed by atoms with Gasteiger partial charge in [-0.05, 0) is 128 Å². The molecule has 0 rings (SSSR count). The predicted octanol–water partition coefficient (Wildman–Crippen LogP) is 20.8. The number of carbonyl (C=O) groups is 3. The van der Waals surface area contributed by atoms with Crippen LogP contribution in [0.2, 0.25) is 0 Å². The van der Waals surface area contributed by atoms with Crippen LogP contribution in [0.3, 0.4) is 0 Å². The van der Waals surface area contributed by atoms with Crippen molar-refractivity contribution in [2.75, 3.05) is 13.2 Å². The normalized spacial score (nSPS) is 13.0. The lowest BCUT2D eigenvalue weighted by molar-refractivity contribution is -0.167. The molecule has 420 valence electrons. The minimum absolute atomic E-state index is 0.0974. The van der Waals surface area contributed by atoms with Crippen molar-refractivity contribution in [2.24, 2.45) is 0 Å². The molecule has 0 aliphatic heterocycles. The van der Waals surface area contributed by atoms with Gasteiger partial charge < -0.3 is 14.2 Å². The molecule has 1 unspecified atom stereocenters. The SMILES string of the molecule is CC/C=C\C/C=C\C/C=C\C/C=C\C/C=C\C/C=C\CCCCCCCCCCC(=O)OCC(COC(=O)CCCCC/C=C\C/C=C\C/C=C\CC)OC(=O)CCCCCCC/C=C\CCCCCCCCC. The van der Waals surface area contributed by atoms with E-state index in [1.807, 2.05) is 0 Å². The Morgan fingerprint density at radius 1 is 0.284 bits per heavy atom. The topological polar surface area (TPSA) is 78.9 Å². The highest BCUT2D eigenvalue weighted by atomic mass is 16.6. The lowest BCUT2D eigenvalue weighted by Gasteiger charge is -2.18. The minimum Gasteiger partial charge on any atom is -0.462 e. The van der Waals surface area contributed by atoms with E-state index in [9.17, 15) is 14.4 Å². The third-order valence-corrected chi connectivity index (χ3v) is 12.7. The number of rotatable bonds is 54. The maximum absolute atomic E-state index is 12.9. The molecule has 6 nitrogen and oxygen atoms in total. The molecule has 0 aliphatic rings. The van der Waals surface area contributed by atoms with Crippen molar-refractivity contribution in [1.82, 2.24) is 0 Å². The van der Waals surface area contributed by atoms with Crippen LogP contribution in [0, 0.1) is 0 Å². The van der Waals surface area contributed by atoms with E-state index in [1.54, 1.807) is 0 Å². The molecule has 0 aromatic rings. The Labute approximate surface area is 456 Å². The second kappa shape index (κ2) is 61.4. The van der Waals surface area contributed by atoms with E-state index < -0.39 is 6.10 Å². The maximum atomic E-state index is 12.9. The predicted molar refractivity (Wildman–Crippen MR) is 320 cm³/mol. The Morgan fingerprint density at radius 2 is 0.527 bits per heavy atom. The van der Waals surface area contributed by atoms with E-state index in [4.69, 9.17) is 14.2 Å². The van der Waals surface area contributed by atoms with Crippen LogP contribution in [0.5, 0.6) is 0 Å². The highest BCUT2D eigenvalue weighted by Crippen LogP contribution is 2.14. The van der Waals surface area contributed by atoms with Gasteiger partial charge in [-0.25, -0.2) is 0 Å². The first-order valence-electron chi connectivity index (χ1n) is 30.5. The van der Waals surface area contributed by atoms with Crippen LogP contribution >= 0.6 is 0 Å². The number of allylic oxidation sites excluding steroid dienone is 20. The lowest BCUT2D eigenvalue weighted by atomic mass is 10.1. The first-order valence-corrected chi connectivity index (χ1v) is 30.5. The zero-order valence-corrected chi connectivity index (χ0v) is 48.1. The van der Waals surface area contributed by atoms with Crippen molar-refractivity contribution in [1.29, 1.82) is 0 Å². The Bertz CT molecular complexity index is 1550. The fraction of sp³-hybridized carbons (Fsp3) is 0.662. The van der Waals surface area contributed by atoms with E-state index in [1.165, 1.54) is 89.9 Å². The van der Waals surface area contributed by atoms with Gasteiger partial charge in [-0.1, -0.05) is 245 Å². The van der Waals surface area contributed by atoms with Gasteiger partial charge in [0, 0.05) is 19.3 Å². The van der Waals surface area contributed by atoms with Crippen molar-refractivity contribution in [3.05, 3.63) is 122 Å². The number of esters is 3. The van der Waals surface area contributed by atoms with Crippen LogP contribution in [0.4, 0.5) is 0 Å². The van der Waals surface area contributed by atoms with Crippen LogP contribution in [0.1, 0.15) is 271 Å². The summed E-state index contributed by atoms with van der Waals surface area (Å²) < 4.78 is 16.8. The number of hydrogen-bond donors (Lipinski definition) is 0. The van der Waals surface area contributed by atoms with Crippen molar-refractivity contribution >= 4 is 17.9 Å². The molecular formula is C68H112O6. The maximum Gasteiger partial charge on any atom is 0.306 e. The van der Waals surface area contributed by atoms with E-state index in [-0.39, 0.29) is 31.1 Å². The van der Waals surface area contributed by atoms with Crippen LogP contribution in [-0.2, 0) is 28.6 Å². The highest BCUT2D eigenvalue weighted by Gasteiger charge is 2.19. The molecule has 0 saturated heterocycles. The standard InChI is InChI=1S/C68H112O6/c1-4-7-10-13-16-19-22-25-27-29-30-31-32-33-34-35-36-37-38-39-41-43-46-49-52-55-58-61-67(70)73-64-65(63-72-66(69)60-57-54-51-48-45-42-24-21-18-15-12-9-6-3)74-68(71)62-59-56-53-50-47-44-40-28-26-23-20-17-14-11-8-5-2/h7,9-10,12,16,18-19,21,25,27-28,30-31,33-34,36-37,40,42,45,65H,4-6,8,11,13-15,17,20,22-24,26,29,32,35,38-39,41,43-44,46-64H2,1-3H3/b10-7-,12-9-,19-16-,21-18-,27-25-,31-30-,34-33-,37-36-,40-28-,45-42-. The molecule has 1 atom stereocenters. The Kier molecular flexibility index (Phi) is 57.9. The summed E-state index contributed by atoms with van der Waals surface area (Å²) in [5, 5.41) is 0. The van der Waals surface area contributed by atoms with Crippen molar-refractivity contribution in [3.8, 4) is 0 Å². The largest absolute Gasteiger partial charge is 0.462 e. The van der Waals surface area contributed by atoms with Crippen LogP contribution in [-0.4, -0.2) is 37.2 Å². The first kappa shape index (κ1) is 69.8. The van der Waals surface area contributed by atoms with Gasteiger partial charge in [-0.15, -0.1) is 0 Å². The molecule has 0 N–H and O–H groups in total. The van der Waals surface area contributed by atoms with E-state index in [2.05, 4.69) is 142 Å². The summed E-state index contributed by atoms with van der Waals surface area (Å²) in [4.78, 5) is 38.2. The van der Waals surface area contributed by atoms with Crippen LogP contribution < -0.4 is 0 Å². The zero-order chi connectivity index (χ0) is 53.6. The fourth-order valence-electron chi connectivity index (χ4n) is 8.16. The van der Waals surface area contributed by atoms with Gasteiger partial charge in [0.25, 0.3) is 0 Å². The first-order chi connectivity index (χ1) is 36.5. The van der Waals surface area contributed by atoms with Gasteiger partial charge in [-0.3, -0.25) is 14.4 Å². The van der Waals surface area contributed by atoms with Gasteiger partial charge >= 0.3 is 17.9 Å². The number of hydrogen-bond acceptors (Lipinski definition) is 6. The minimum atomic E-state index is -0.801. The molecule has 0 saturated carbocycles. The molecule has 0 bridgehead atoms. The number of ether oxygens (including phenoxy) is 3. The third kappa shape index (κ3) is 58.7. The average molecular weight is 1030 g/mol. The molecule has 0 spiro atoms. The summed E-state index contributed by atoms with van der Waals surface area (Å²) in [5.74, 6) is -0.942. The molecule has 0 heterocycles. The van der Waals surface area contributed by atoms with Crippen LogP contribution in [0.15, 0.2) is 122 Å². The monoisotopic (exact) mass is 1020 g/mol. The summed E-state index contributed by atoms with van der Waals surface area (Å²) >= 11 is 0. The summed E-state index contributed by atoms with van der Waals surface area (Å²) in [6.45, 7) is 6.37. The zero-order valence-electron chi connectivity index (χ0n) is 48.1. The second-order valence-electron chi connectivity index (χ2n) is 19.8.